The van der Waals surface area contributed by atoms with E-state index in [0.717, 1.165) is 11.8 Å². The molecule has 1 saturated heterocycles. The number of carbonyl (C=O) groups is 6. The van der Waals surface area contributed by atoms with Crippen LogP contribution in [0.15, 0.2) is 71.8 Å². The summed E-state index contributed by atoms with van der Waals surface area (Å²) in [7, 11) is 1.39. The largest absolute Gasteiger partial charge is 0.456 e. The lowest BCUT2D eigenvalue weighted by atomic mass is 9.44. The van der Waals surface area contributed by atoms with E-state index in [2.05, 4.69) is 5.32 Å². The van der Waals surface area contributed by atoms with Crippen LogP contribution in [0.1, 0.15) is 97.1 Å². The summed E-state index contributed by atoms with van der Waals surface area (Å²) in [4.78, 5) is 84.5. The molecule has 4 aliphatic rings. The molecule has 3 aliphatic carbocycles. The topological polar surface area (TPSA) is 220 Å². The predicted molar refractivity (Wildman–Crippen MR) is 231 cm³/mol. The second-order valence-corrected chi connectivity index (χ2v) is 19.8. The fraction of sp³-hybridized carbons (Fsp3) is 0.574. The standard InChI is InChI=1S/C47H59NO15S/c1-11-64-42(55)60-35-32-25(2)29(59-40(53)34(50)33(27-18-14-12-15-19-27)48-41(54)63-43(4,5)6)23-47(56,44(32,7)8)38(61-39(52)28-20-16-13-17-21-28)36-45(9,37(35)51)30(57-10)22-31-46(36,24-58-31)62-26(3)49/h12-21,29-31,33-36,38,50,56H,11,22-24H2,1-10H3,(H,48,54)/t29-,30-,31+,33-,34+,35+,36-,38-,45+,46-,47+/m0/s1. The highest BCUT2D eigenvalue weighted by Gasteiger charge is 2.78. The second kappa shape index (κ2) is 18.2. The van der Waals surface area contributed by atoms with E-state index in [1.807, 2.05) is 0 Å². The summed E-state index contributed by atoms with van der Waals surface area (Å²) < 4.78 is 42.5. The summed E-state index contributed by atoms with van der Waals surface area (Å²) in [6.45, 7) is 14.0. The molecule has 0 radical (unpaired) electrons. The van der Waals surface area contributed by atoms with Gasteiger partial charge in [0.05, 0.1) is 35.6 Å². The van der Waals surface area contributed by atoms with Gasteiger partial charge in [-0.05, 0) is 75.2 Å². The minimum atomic E-state index is -2.35. The number of alkyl carbamates (subject to hydrolysis) is 1. The first kappa shape index (κ1) is 48.6. The molecule has 2 aromatic rings. The molecule has 2 bridgehead atoms. The number of carbonyl (C=O) groups excluding carboxylic acids is 6. The van der Waals surface area contributed by atoms with E-state index in [1.54, 1.807) is 104 Å². The van der Waals surface area contributed by atoms with Crippen molar-refractivity contribution in [1.29, 1.82) is 0 Å². The van der Waals surface area contributed by atoms with Crippen molar-refractivity contribution in [3.8, 4) is 0 Å². The normalized spacial score (nSPS) is 31.5. The number of ketones is 1. The fourth-order valence-corrected chi connectivity index (χ4v) is 10.6. The number of hydrogen-bond acceptors (Lipinski definition) is 16. The molecule has 16 nitrogen and oxygen atoms in total. The highest BCUT2D eigenvalue weighted by molar-refractivity contribution is 8.13. The van der Waals surface area contributed by atoms with Crippen molar-refractivity contribution < 1.29 is 72.1 Å². The molecule has 1 amide bonds. The van der Waals surface area contributed by atoms with Gasteiger partial charge in [0, 0.05) is 38.0 Å². The molecule has 1 heterocycles. The van der Waals surface area contributed by atoms with Gasteiger partial charge in [0.2, 0.25) is 0 Å². The lowest BCUT2D eigenvalue weighted by Crippen LogP contribution is -2.82. The number of thioether (sulfide) groups is 1. The number of esters is 3. The van der Waals surface area contributed by atoms with E-state index in [-0.39, 0.29) is 35.5 Å². The van der Waals surface area contributed by atoms with E-state index in [9.17, 15) is 34.2 Å². The zero-order chi connectivity index (χ0) is 47.2. The molecule has 3 N–H and O–H groups in total. The third kappa shape index (κ3) is 8.68. The van der Waals surface area contributed by atoms with E-state index in [0.29, 0.717) is 5.56 Å². The Labute approximate surface area is 377 Å². The van der Waals surface area contributed by atoms with Crippen molar-refractivity contribution in [2.75, 3.05) is 19.5 Å². The Morgan fingerprint density at radius 2 is 1.59 bits per heavy atom. The number of benzene rings is 2. The Morgan fingerprint density at radius 3 is 2.14 bits per heavy atom. The van der Waals surface area contributed by atoms with Gasteiger partial charge in [-0.3, -0.25) is 9.59 Å². The number of aliphatic hydroxyl groups excluding tert-OH is 1. The minimum Gasteiger partial charge on any atom is -0.456 e. The van der Waals surface area contributed by atoms with Crippen LogP contribution in [0.2, 0.25) is 0 Å². The third-order valence-corrected chi connectivity index (χ3v) is 13.9. The lowest BCUT2D eigenvalue weighted by Gasteiger charge is -2.67. The minimum absolute atomic E-state index is 0.0319. The molecule has 6 rings (SSSR count). The molecule has 17 heteroatoms. The Hall–Kier alpha value is -4.81. The van der Waals surface area contributed by atoms with Crippen LogP contribution in [0.25, 0.3) is 0 Å². The maximum atomic E-state index is 15.9. The van der Waals surface area contributed by atoms with Crippen molar-refractivity contribution in [3.05, 3.63) is 82.9 Å². The van der Waals surface area contributed by atoms with Gasteiger partial charge in [0.1, 0.15) is 29.5 Å². The first-order chi connectivity index (χ1) is 30.0. The van der Waals surface area contributed by atoms with E-state index >= 15 is 4.79 Å². The number of aliphatic hydroxyl groups is 2. The van der Waals surface area contributed by atoms with Gasteiger partial charge < -0.3 is 48.7 Å². The number of hydrogen-bond donors (Lipinski definition) is 3. The van der Waals surface area contributed by atoms with Gasteiger partial charge in [-0.15, -0.1) is 0 Å². The molecule has 2 saturated carbocycles. The number of rotatable bonds is 11. The van der Waals surface area contributed by atoms with Gasteiger partial charge in [-0.1, -0.05) is 69.3 Å². The maximum absolute atomic E-state index is 15.9. The first-order valence-corrected chi connectivity index (χ1v) is 22.3. The molecule has 11 atom stereocenters. The smallest absolute Gasteiger partial charge is 0.408 e. The fourth-order valence-electron chi connectivity index (χ4n) is 10.2. The van der Waals surface area contributed by atoms with Crippen LogP contribution in [-0.2, 0) is 47.5 Å². The molecule has 3 fully saturated rings. The number of ether oxygens (including phenoxy) is 7. The van der Waals surface area contributed by atoms with Crippen LogP contribution < -0.4 is 5.32 Å². The number of methoxy groups -OCH3 is 1. The van der Waals surface area contributed by atoms with Gasteiger partial charge in [0.25, 0.3) is 0 Å². The molecule has 0 aromatic heterocycles. The molecular formula is C47H59NO15S. The summed E-state index contributed by atoms with van der Waals surface area (Å²) in [5, 5.41) is 27.4. The molecule has 2 aromatic carbocycles. The summed E-state index contributed by atoms with van der Waals surface area (Å²) in [6, 6.07) is 14.8. The highest BCUT2D eigenvalue weighted by Crippen LogP contribution is 2.65. The summed E-state index contributed by atoms with van der Waals surface area (Å²) >= 11 is 0.805. The third-order valence-electron chi connectivity index (χ3n) is 13.3. The second-order valence-electron chi connectivity index (χ2n) is 18.6. The average molecular weight is 910 g/mol. The van der Waals surface area contributed by atoms with Crippen molar-refractivity contribution in [1.82, 2.24) is 5.32 Å². The van der Waals surface area contributed by atoms with Crippen molar-refractivity contribution in [2.45, 2.75) is 135 Å². The number of fused-ring (bicyclic) bond motifs is 5. The maximum Gasteiger partial charge on any atom is 0.408 e. The summed E-state index contributed by atoms with van der Waals surface area (Å²) in [6.07, 6.45) is -10.4. The van der Waals surface area contributed by atoms with Crippen molar-refractivity contribution >= 4 is 46.8 Å². The number of Topliss-reactive ketones (excluding diaryl/α,β-unsaturated/α-hetero) is 1. The Kier molecular flexibility index (Phi) is 13.9. The van der Waals surface area contributed by atoms with Crippen molar-refractivity contribution in [3.63, 3.8) is 0 Å². The quantitative estimate of drug-likeness (QED) is 0.138. The monoisotopic (exact) mass is 909 g/mol. The van der Waals surface area contributed by atoms with Crippen LogP contribution in [0.5, 0.6) is 0 Å². The Bertz CT molecular complexity index is 2160. The SMILES string of the molecule is CCSC(=O)O[C@H]1C(=O)[C@]2(C)[C@@H](OC)C[C@H]3OC[C@@]3(OC(C)=O)[C@H]2[C@H](OC(=O)c2ccccc2)[C@]2(O)C[C@H](OC(=O)[C@H](O)[C@@H](NC(=O)OC(C)(C)C)c3ccccc3)C(C)=C1C2(C)C. The van der Waals surface area contributed by atoms with E-state index in [4.69, 9.17) is 33.2 Å². The molecule has 0 unspecified atom stereocenters. The molecular weight excluding hydrogens is 851 g/mol. The lowest BCUT2D eigenvalue weighted by molar-refractivity contribution is -0.347. The van der Waals surface area contributed by atoms with Gasteiger partial charge in [-0.25, -0.2) is 19.2 Å². The van der Waals surface area contributed by atoms with Gasteiger partial charge >= 0.3 is 29.3 Å². The van der Waals surface area contributed by atoms with Crippen LogP contribution in [0.4, 0.5) is 9.59 Å². The predicted octanol–water partition coefficient (Wildman–Crippen LogP) is 5.81. The van der Waals surface area contributed by atoms with Crippen LogP contribution in [0.3, 0.4) is 0 Å². The molecule has 348 valence electrons. The molecule has 1 aliphatic heterocycles. The Morgan fingerprint density at radius 1 is 0.969 bits per heavy atom. The summed E-state index contributed by atoms with van der Waals surface area (Å²) in [5.74, 6) is -4.73. The number of amides is 1. The van der Waals surface area contributed by atoms with E-state index < -0.39 is 118 Å². The zero-order valence-corrected chi connectivity index (χ0v) is 38.6. The van der Waals surface area contributed by atoms with Crippen LogP contribution in [-0.4, -0.2) is 118 Å². The first-order valence-electron chi connectivity index (χ1n) is 21.3. The van der Waals surface area contributed by atoms with Crippen LogP contribution in [0, 0.1) is 16.7 Å². The molecule has 64 heavy (non-hydrogen) atoms. The zero-order valence-electron chi connectivity index (χ0n) is 37.8. The van der Waals surface area contributed by atoms with Crippen molar-refractivity contribution in [2.24, 2.45) is 16.7 Å². The van der Waals surface area contributed by atoms with E-state index in [1.165, 1.54) is 26.2 Å². The highest BCUT2D eigenvalue weighted by atomic mass is 32.2. The van der Waals surface area contributed by atoms with Gasteiger partial charge in [0.15, 0.2) is 23.6 Å². The number of nitrogens with one attached hydrogen (secondary N) is 1. The Balaban J connectivity index is 1.57. The average Bonchev–Trinajstić information content (AvgIpc) is 3.22. The van der Waals surface area contributed by atoms with Gasteiger partial charge in [-0.2, -0.15) is 0 Å². The summed E-state index contributed by atoms with van der Waals surface area (Å²) in [5.41, 5.74) is -7.77. The molecule has 0 spiro atoms. The van der Waals surface area contributed by atoms with Crippen LogP contribution >= 0.6 is 11.8 Å².